The van der Waals surface area contributed by atoms with Gasteiger partial charge < -0.3 is 4.57 Å². The zero-order valence-electron chi connectivity index (χ0n) is 13.9. The van der Waals surface area contributed by atoms with Gasteiger partial charge in [0.25, 0.3) is 5.91 Å². The fourth-order valence-electron chi connectivity index (χ4n) is 3.78. The molecule has 0 radical (unpaired) electrons. The van der Waals surface area contributed by atoms with E-state index in [2.05, 4.69) is 0 Å². The first-order chi connectivity index (χ1) is 13.0. The highest BCUT2D eigenvalue weighted by Gasteiger charge is 2.32. The Morgan fingerprint density at radius 1 is 0.889 bits per heavy atom. The summed E-state index contributed by atoms with van der Waals surface area (Å²) >= 11 is 0. The number of hydrogen-bond donors (Lipinski definition) is 0. The van der Waals surface area contributed by atoms with Gasteiger partial charge in [0.2, 0.25) is 5.43 Å². The molecule has 3 heterocycles. The van der Waals surface area contributed by atoms with Crippen molar-refractivity contribution < 1.29 is 13.6 Å². The summed E-state index contributed by atoms with van der Waals surface area (Å²) < 4.78 is 30.6. The van der Waals surface area contributed by atoms with E-state index in [4.69, 9.17) is 0 Å². The Labute approximate surface area is 151 Å². The molecule has 0 saturated carbocycles. The number of carbonyl (C=O) groups excluding carboxylic acids is 1. The highest BCUT2D eigenvalue weighted by molar-refractivity contribution is 6.10. The van der Waals surface area contributed by atoms with Gasteiger partial charge >= 0.3 is 0 Å². The zero-order valence-corrected chi connectivity index (χ0v) is 13.9. The summed E-state index contributed by atoms with van der Waals surface area (Å²) in [4.78, 5) is 25.7. The van der Waals surface area contributed by atoms with Gasteiger partial charge in [-0.3, -0.25) is 14.2 Å². The maximum absolute atomic E-state index is 13.7. The molecule has 2 aromatic carbocycles. The number of pyridine rings is 1. The van der Waals surface area contributed by atoms with Crippen LogP contribution in [0.3, 0.4) is 0 Å². The molecule has 1 aliphatic rings. The van der Waals surface area contributed by atoms with Crippen LogP contribution in [0.4, 0.5) is 8.78 Å². The van der Waals surface area contributed by atoms with Crippen molar-refractivity contribution in [3.8, 4) is 11.4 Å². The minimum atomic E-state index is -0.675. The zero-order chi connectivity index (χ0) is 18.7. The standard InChI is InChI=1S/C21H12F2N2O2/c22-13-8-12(9-14(23)10-13)11-25-16-5-2-1-4-15(16)20(26)18-19(25)17-6-3-7-24(17)21(18)27/h1-10H,11H2. The third-order valence-electron chi connectivity index (χ3n) is 4.86. The van der Waals surface area contributed by atoms with Crippen molar-refractivity contribution in [2.75, 3.05) is 0 Å². The number of rotatable bonds is 2. The number of fused-ring (bicyclic) bond motifs is 4. The van der Waals surface area contributed by atoms with Crippen molar-refractivity contribution in [3.63, 3.8) is 0 Å². The van der Waals surface area contributed by atoms with Crippen molar-refractivity contribution >= 4 is 16.8 Å². The summed E-state index contributed by atoms with van der Waals surface area (Å²) in [6.45, 7) is 0.121. The molecule has 4 nitrogen and oxygen atoms in total. The summed E-state index contributed by atoms with van der Waals surface area (Å²) in [5, 5.41) is 0.396. The minimum absolute atomic E-state index is 0.0844. The fraction of sp³-hybridized carbons (Fsp3) is 0.0476. The van der Waals surface area contributed by atoms with E-state index in [-0.39, 0.29) is 23.4 Å². The van der Waals surface area contributed by atoms with E-state index in [0.717, 1.165) is 6.07 Å². The quantitative estimate of drug-likeness (QED) is 0.479. The Balaban J connectivity index is 1.87. The second-order valence-corrected chi connectivity index (χ2v) is 6.50. The summed E-state index contributed by atoms with van der Waals surface area (Å²) in [5.41, 5.74) is 1.82. The Morgan fingerprint density at radius 3 is 2.41 bits per heavy atom. The first-order valence-electron chi connectivity index (χ1n) is 8.37. The lowest BCUT2D eigenvalue weighted by Crippen LogP contribution is -2.20. The molecule has 0 fully saturated rings. The van der Waals surface area contributed by atoms with Crippen molar-refractivity contribution in [3.05, 3.63) is 93.8 Å². The maximum atomic E-state index is 13.7. The molecule has 4 aromatic rings. The average molecular weight is 362 g/mol. The summed E-state index contributed by atoms with van der Waals surface area (Å²) in [6, 6.07) is 13.7. The van der Waals surface area contributed by atoms with Gasteiger partial charge in [0.05, 0.1) is 16.9 Å². The molecule has 0 N–H and O–H groups in total. The average Bonchev–Trinajstić information content (AvgIpc) is 3.21. The molecular formula is C21H12F2N2O2. The van der Waals surface area contributed by atoms with E-state index in [9.17, 15) is 18.4 Å². The summed E-state index contributed by atoms with van der Waals surface area (Å²) in [7, 11) is 0. The highest BCUT2D eigenvalue weighted by Crippen LogP contribution is 2.33. The van der Waals surface area contributed by atoms with Crippen molar-refractivity contribution in [2.24, 2.45) is 0 Å². The van der Waals surface area contributed by atoms with Gasteiger partial charge in [-0.1, -0.05) is 12.1 Å². The van der Waals surface area contributed by atoms with Crippen LogP contribution in [0, 0.1) is 11.6 Å². The van der Waals surface area contributed by atoms with Crippen LogP contribution in [0.2, 0.25) is 0 Å². The van der Waals surface area contributed by atoms with Crippen molar-refractivity contribution in [2.45, 2.75) is 6.54 Å². The SMILES string of the molecule is O=C1c2c(n(Cc3cc(F)cc(F)c3)c3ccccc3c2=O)-c2cccn21. The van der Waals surface area contributed by atoms with Crippen LogP contribution in [-0.2, 0) is 6.54 Å². The van der Waals surface area contributed by atoms with E-state index in [1.165, 1.54) is 16.7 Å². The van der Waals surface area contributed by atoms with Crippen LogP contribution < -0.4 is 5.43 Å². The molecule has 0 unspecified atom stereocenters. The highest BCUT2D eigenvalue weighted by atomic mass is 19.1. The van der Waals surface area contributed by atoms with Crippen LogP contribution in [0.5, 0.6) is 0 Å². The van der Waals surface area contributed by atoms with Crippen LogP contribution in [-0.4, -0.2) is 15.0 Å². The largest absolute Gasteiger partial charge is 0.334 e. The molecule has 0 atom stereocenters. The molecule has 0 amide bonds. The van der Waals surface area contributed by atoms with Crippen LogP contribution in [0.15, 0.2) is 65.6 Å². The number of halogens is 2. The lowest BCUT2D eigenvalue weighted by molar-refractivity contribution is 0.0968. The number of aromatic nitrogens is 2. The van der Waals surface area contributed by atoms with E-state index < -0.39 is 11.6 Å². The number of nitrogens with zero attached hydrogens (tertiary/aromatic N) is 2. The summed E-state index contributed by atoms with van der Waals surface area (Å²) in [5.74, 6) is -1.74. The lowest BCUT2D eigenvalue weighted by atomic mass is 10.1. The molecule has 132 valence electrons. The van der Waals surface area contributed by atoms with Gasteiger partial charge in [-0.05, 0) is 42.0 Å². The van der Waals surface area contributed by atoms with Gasteiger partial charge in [-0.15, -0.1) is 0 Å². The molecule has 0 bridgehead atoms. The maximum Gasteiger partial charge on any atom is 0.268 e. The molecule has 2 aromatic heterocycles. The van der Waals surface area contributed by atoms with Gasteiger partial charge in [0, 0.05) is 24.2 Å². The normalized spacial score (nSPS) is 12.4. The van der Waals surface area contributed by atoms with Crippen molar-refractivity contribution in [1.82, 2.24) is 9.13 Å². The Kier molecular flexibility index (Phi) is 3.18. The van der Waals surface area contributed by atoms with Gasteiger partial charge in [0.1, 0.15) is 17.2 Å². The molecule has 1 aliphatic heterocycles. The molecule has 5 rings (SSSR count). The van der Waals surface area contributed by atoms with E-state index >= 15 is 0 Å². The van der Waals surface area contributed by atoms with E-state index in [1.54, 1.807) is 47.2 Å². The monoisotopic (exact) mass is 362 g/mol. The van der Waals surface area contributed by atoms with Gasteiger partial charge in [-0.2, -0.15) is 0 Å². The number of para-hydroxylation sites is 1. The first-order valence-corrected chi connectivity index (χ1v) is 8.37. The smallest absolute Gasteiger partial charge is 0.268 e. The molecule has 0 aliphatic carbocycles. The second-order valence-electron chi connectivity index (χ2n) is 6.50. The second kappa shape index (κ2) is 5.48. The number of hydrogen-bond acceptors (Lipinski definition) is 2. The van der Waals surface area contributed by atoms with E-state index in [1.807, 2.05) is 0 Å². The lowest BCUT2D eigenvalue weighted by Gasteiger charge is -2.16. The third kappa shape index (κ3) is 2.19. The Hall–Kier alpha value is -3.54. The molecule has 27 heavy (non-hydrogen) atoms. The summed E-state index contributed by atoms with van der Waals surface area (Å²) in [6.07, 6.45) is 1.61. The molecule has 0 spiro atoms. The number of benzene rings is 2. The predicted molar refractivity (Wildman–Crippen MR) is 96.8 cm³/mol. The van der Waals surface area contributed by atoms with Crippen molar-refractivity contribution in [1.29, 1.82) is 0 Å². The van der Waals surface area contributed by atoms with Gasteiger partial charge in [-0.25, -0.2) is 8.78 Å². The van der Waals surface area contributed by atoms with Crippen LogP contribution in [0.25, 0.3) is 22.3 Å². The number of carbonyl (C=O) groups is 1. The molecular weight excluding hydrogens is 350 g/mol. The van der Waals surface area contributed by atoms with Crippen LogP contribution >= 0.6 is 0 Å². The topological polar surface area (TPSA) is 44.0 Å². The Bertz CT molecular complexity index is 1300. The fourth-order valence-corrected chi connectivity index (χ4v) is 3.78. The predicted octanol–water partition coefficient (Wildman–Crippen LogP) is 3.80. The van der Waals surface area contributed by atoms with E-state index in [0.29, 0.717) is 27.9 Å². The molecule has 0 saturated heterocycles. The first kappa shape index (κ1) is 15.7. The third-order valence-corrected chi connectivity index (χ3v) is 4.86. The van der Waals surface area contributed by atoms with Crippen LogP contribution in [0.1, 0.15) is 15.9 Å². The molecule has 6 heteroatoms. The minimum Gasteiger partial charge on any atom is -0.334 e. The Morgan fingerprint density at radius 2 is 1.63 bits per heavy atom. The van der Waals surface area contributed by atoms with Gasteiger partial charge in [0.15, 0.2) is 0 Å².